The first kappa shape index (κ1) is 17.5. The van der Waals surface area contributed by atoms with Crippen molar-refractivity contribution in [3.63, 3.8) is 0 Å². The Morgan fingerprint density at radius 3 is 2.80 bits per heavy atom. The maximum Gasteiger partial charge on any atom is 0.263 e. The zero-order valence-electron chi connectivity index (χ0n) is 14.0. The summed E-state index contributed by atoms with van der Waals surface area (Å²) in [5.74, 6) is -0.780. The number of fused-ring (bicyclic) bond motifs is 1. The molecule has 132 valence electrons. The van der Waals surface area contributed by atoms with Crippen LogP contribution < -0.4 is 4.72 Å². The number of nitrogens with one attached hydrogen (secondary N) is 2. The minimum atomic E-state index is -3.91. The molecule has 1 aromatic carbocycles. The monoisotopic (exact) mass is 362 g/mol. The normalized spacial score (nSPS) is 15.0. The summed E-state index contributed by atoms with van der Waals surface area (Å²) in [7, 11) is -3.91. The van der Waals surface area contributed by atoms with Crippen molar-refractivity contribution >= 4 is 15.7 Å². The molecule has 2 heterocycles. The fraction of sp³-hybridized carbons (Fsp3) is 0.353. The number of sulfonamides is 1. The molecule has 6 nitrogen and oxygen atoms in total. The first-order valence-corrected chi connectivity index (χ1v) is 9.46. The number of hydrogen-bond acceptors (Lipinski definition) is 4. The van der Waals surface area contributed by atoms with Crippen LogP contribution in [-0.4, -0.2) is 30.9 Å². The van der Waals surface area contributed by atoms with Gasteiger partial charge in [0.05, 0.1) is 17.3 Å². The Balaban J connectivity index is 1.89. The number of benzene rings is 1. The highest BCUT2D eigenvalue weighted by atomic mass is 32.2. The third-order valence-electron chi connectivity index (χ3n) is 4.41. The summed E-state index contributed by atoms with van der Waals surface area (Å²) < 4.78 is 41.6. The minimum absolute atomic E-state index is 0.133. The van der Waals surface area contributed by atoms with Crippen LogP contribution in [0.2, 0.25) is 0 Å². The van der Waals surface area contributed by atoms with Crippen LogP contribution in [0.4, 0.5) is 10.1 Å². The summed E-state index contributed by atoms with van der Waals surface area (Å²) in [5, 5.41) is 8.77. The Labute approximate surface area is 146 Å². The predicted octanol–water partition coefficient (Wildman–Crippen LogP) is 2.59. The second-order valence-corrected chi connectivity index (χ2v) is 7.99. The number of aromatic amines is 1. The Morgan fingerprint density at radius 2 is 2.16 bits per heavy atom. The molecule has 1 aliphatic rings. The van der Waals surface area contributed by atoms with Gasteiger partial charge in [0, 0.05) is 31.0 Å². The van der Waals surface area contributed by atoms with Gasteiger partial charge in [0.25, 0.3) is 10.0 Å². The summed E-state index contributed by atoms with van der Waals surface area (Å²) in [5.41, 5.74) is 1.58. The minimum Gasteiger partial charge on any atom is -0.362 e. The van der Waals surface area contributed by atoms with Gasteiger partial charge in [0.15, 0.2) is 0 Å². The largest absolute Gasteiger partial charge is 0.362 e. The molecule has 0 saturated heterocycles. The van der Waals surface area contributed by atoms with Crippen molar-refractivity contribution in [3.8, 4) is 6.07 Å². The maximum absolute atomic E-state index is 14.0. The molecule has 0 saturated carbocycles. The van der Waals surface area contributed by atoms with Crippen molar-refractivity contribution in [1.82, 2.24) is 9.88 Å². The number of hydrogen-bond donors (Lipinski definition) is 2. The molecule has 0 fully saturated rings. The highest BCUT2D eigenvalue weighted by Gasteiger charge is 2.28. The van der Waals surface area contributed by atoms with E-state index in [2.05, 4.69) is 28.5 Å². The van der Waals surface area contributed by atoms with E-state index in [4.69, 9.17) is 5.26 Å². The van der Waals surface area contributed by atoms with Gasteiger partial charge in [-0.3, -0.25) is 9.62 Å². The Kier molecular flexibility index (Phi) is 4.54. The van der Waals surface area contributed by atoms with E-state index >= 15 is 0 Å². The molecule has 0 aliphatic carbocycles. The second-order valence-electron chi connectivity index (χ2n) is 6.34. The molecule has 0 atom stereocenters. The van der Waals surface area contributed by atoms with E-state index in [9.17, 15) is 12.8 Å². The van der Waals surface area contributed by atoms with Gasteiger partial charge in [0.1, 0.15) is 10.7 Å². The highest BCUT2D eigenvalue weighted by molar-refractivity contribution is 7.92. The van der Waals surface area contributed by atoms with Gasteiger partial charge >= 0.3 is 0 Å². The molecule has 1 aromatic heterocycles. The van der Waals surface area contributed by atoms with Crippen LogP contribution in [0.3, 0.4) is 0 Å². The van der Waals surface area contributed by atoms with Crippen LogP contribution >= 0.6 is 0 Å². The van der Waals surface area contributed by atoms with E-state index in [1.807, 2.05) is 6.07 Å². The quantitative estimate of drug-likeness (QED) is 0.875. The van der Waals surface area contributed by atoms with E-state index in [1.165, 1.54) is 18.3 Å². The first-order valence-electron chi connectivity index (χ1n) is 7.97. The molecule has 0 amide bonds. The van der Waals surface area contributed by atoms with Crippen molar-refractivity contribution in [1.29, 1.82) is 5.26 Å². The first-order chi connectivity index (χ1) is 11.8. The Hall–Kier alpha value is -2.37. The molecule has 2 N–H and O–H groups in total. The lowest BCUT2D eigenvalue weighted by Crippen LogP contribution is -2.36. The molecule has 0 radical (unpaired) electrons. The fourth-order valence-corrected chi connectivity index (χ4v) is 4.30. The van der Waals surface area contributed by atoms with E-state index in [-0.39, 0.29) is 16.1 Å². The number of rotatable bonds is 4. The van der Waals surface area contributed by atoms with E-state index in [0.29, 0.717) is 19.0 Å². The van der Waals surface area contributed by atoms with Crippen molar-refractivity contribution in [2.75, 3.05) is 11.3 Å². The van der Waals surface area contributed by atoms with Crippen molar-refractivity contribution < 1.29 is 12.8 Å². The molecular weight excluding hydrogens is 343 g/mol. The number of aromatic nitrogens is 1. The maximum atomic E-state index is 14.0. The SMILES string of the molecule is CC(C)N1CCc2c(S(=O)(=O)Nc3ccc(C#N)cc3F)c[nH]c2C1. The van der Waals surface area contributed by atoms with Crippen molar-refractivity contribution in [2.45, 2.75) is 37.8 Å². The predicted molar refractivity (Wildman–Crippen MR) is 92.0 cm³/mol. The van der Waals surface area contributed by atoms with E-state index in [1.54, 1.807) is 0 Å². The number of halogens is 1. The molecule has 0 spiro atoms. The Bertz CT molecular complexity index is 944. The Morgan fingerprint density at radius 1 is 1.40 bits per heavy atom. The van der Waals surface area contributed by atoms with Gasteiger partial charge in [-0.25, -0.2) is 12.8 Å². The molecule has 8 heteroatoms. The molecule has 1 aliphatic heterocycles. The third kappa shape index (κ3) is 3.38. The number of nitriles is 1. The molecular formula is C17H19FN4O2S. The summed E-state index contributed by atoms with van der Waals surface area (Å²) in [6.45, 7) is 5.63. The van der Waals surface area contributed by atoms with Crippen molar-refractivity contribution in [3.05, 3.63) is 47.0 Å². The summed E-state index contributed by atoms with van der Waals surface area (Å²) in [6.07, 6.45) is 2.07. The van der Waals surface area contributed by atoms with Crippen molar-refractivity contribution in [2.24, 2.45) is 0 Å². The van der Waals surface area contributed by atoms with Crippen LogP contribution in [0.25, 0.3) is 0 Å². The second kappa shape index (κ2) is 6.50. The molecule has 0 bridgehead atoms. The van der Waals surface area contributed by atoms with Gasteiger partial charge in [-0.15, -0.1) is 0 Å². The zero-order chi connectivity index (χ0) is 18.2. The van der Waals surface area contributed by atoms with E-state index in [0.717, 1.165) is 23.9 Å². The van der Waals surface area contributed by atoms with E-state index < -0.39 is 15.8 Å². The van der Waals surface area contributed by atoms with Gasteiger partial charge in [0.2, 0.25) is 0 Å². The summed E-state index contributed by atoms with van der Waals surface area (Å²) >= 11 is 0. The lowest BCUT2D eigenvalue weighted by molar-refractivity contribution is 0.200. The highest BCUT2D eigenvalue weighted by Crippen LogP contribution is 2.28. The molecule has 25 heavy (non-hydrogen) atoms. The average Bonchev–Trinajstić information content (AvgIpc) is 3.00. The van der Waals surface area contributed by atoms with Crippen LogP contribution in [0.5, 0.6) is 0 Å². The fourth-order valence-electron chi connectivity index (χ4n) is 2.98. The lowest BCUT2D eigenvalue weighted by atomic mass is 10.1. The van der Waals surface area contributed by atoms with Crippen LogP contribution in [0.1, 0.15) is 30.7 Å². The van der Waals surface area contributed by atoms with Crippen LogP contribution in [0, 0.1) is 17.1 Å². The number of nitrogens with zero attached hydrogens (tertiary/aromatic N) is 2. The summed E-state index contributed by atoms with van der Waals surface area (Å²) in [4.78, 5) is 5.44. The molecule has 0 unspecified atom stereocenters. The molecule has 2 aromatic rings. The average molecular weight is 362 g/mol. The van der Waals surface area contributed by atoms with Crippen LogP contribution in [-0.2, 0) is 23.0 Å². The third-order valence-corrected chi connectivity index (χ3v) is 5.84. The van der Waals surface area contributed by atoms with Gasteiger partial charge in [-0.1, -0.05) is 0 Å². The lowest BCUT2D eigenvalue weighted by Gasteiger charge is -2.30. The zero-order valence-corrected chi connectivity index (χ0v) is 14.8. The topological polar surface area (TPSA) is 89.0 Å². The summed E-state index contributed by atoms with van der Waals surface area (Å²) in [6, 6.07) is 5.82. The van der Waals surface area contributed by atoms with Gasteiger partial charge in [-0.2, -0.15) is 5.26 Å². The number of anilines is 1. The van der Waals surface area contributed by atoms with Crippen LogP contribution in [0.15, 0.2) is 29.3 Å². The standard InChI is InChI=1S/C17H19FN4O2S/c1-11(2)22-6-5-13-16(10-22)20-9-17(13)25(23,24)21-15-4-3-12(8-19)7-14(15)18/h3-4,7,9,11,20-21H,5-6,10H2,1-2H3. The molecule has 3 rings (SSSR count). The van der Waals surface area contributed by atoms with Gasteiger partial charge < -0.3 is 4.98 Å². The smallest absolute Gasteiger partial charge is 0.263 e. The number of H-pyrrole nitrogens is 1. The van der Waals surface area contributed by atoms with Gasteiger partial charge in [-0.05, 0) is 44.0 Å².